The third-order valence-corrected chi connectivity index (χ3v) is 6.47. The molecule has 2 aromatic rings. The maximum absolute atomic E-state index is 12.3. The van der Waals surface area contributed by atoms with Gasteiger partial charge in [0.1, 0.15) is 0 Å². The number of amides is 2. The maximum atomic E-state index is 12.3. The summed E-state index contributed by atoms with van der Waals surface area (Å²) in [5, 5.41) is 0.618. The predicted molar refractivity (Wildman–Crippen MR) is 105 cm³/mol. The first-order chi connectivity index (χ1) is 12.1. The first-order valence-corrected chi connectivity index (χ1v) is 10.3. The van der Waals surface area contributed by atoms with Gasteiger partial charge in [0.25, 0.3) is 11.8 Å². The summed E-state index contributed by atoms with van der Waals surface area (Å²) in [6.45, 7) is 4.86. The molecule has 0 aliphatic carbocycles. The van der Waals surface area contributed by atoms with E-state index in [-0.39, 0.29) is 11.8 Å². The van der Waals surface area contributed by atoms with E-state index in [0.29, 0.717) is 28.7 Å². The standard InChI is InChI=1S/C20H21NO2S2/c1-3-14(2)25-16-10-8-15(9-11-16)24-13-12-21-19(22)17-6-4-5-7-18(17)20(21)23/h4-11,14H,3,12-13H2,1-2H3. The van der Waals surface area contributed by atoms with Crippen LogP contribution < -0.4 is 0 Å². The Morgan fingerprint density at radius 2 is 1.48 bits per heavy atom. The van der Waals surface area contributed by atoms with Crippen molar-refractivity contribution >= 4 is 35.3 Å². The number of benzene rings is 2. The molecule has 1 aliphatic rings. The van der Waals surface area contributed by atoms with Gasteiger partial charge in [-0.1, -0.05) is 26.0 Å². The lowest BCUT2D eigenvalue weighted by Gasteiger charge is -2.13. The van der Waals surface area contributed by atoms with Crippen LogP contribution in [0, 0.1) is 0 Å². The average Bonchev–Trinajstić information content (AvgIpc) is 2.88. The lowest BCUT2D eigenvalue weighted by molar-refractivity contribution is 0.0664. The smallest absolute Gasteiger partial charge is 0.261 e. The minimum absolute atomic E-state index is 0.179. The minimum atomic E-state index is -0.179. The molecule has 0 fully saturated rings. The van der Waals surface area contributed by atoms with Gasteiger partial charge in [0.15, 0.2) is 0 Å². The van der Waals surface area contributed by atoms with Gasteiger partial charge in [0, 0.05) is 27.3 Å². The van der Waals surface area contributed by atoms with Crippen LogP contribution in [-0.4, -0.2) is 34.3 Å². The first-order valence-electron chi connectivity index (χ1n) is 8.45. The molecular weight excluding hydrogens is 350 g/mol. The van der Waals surface area contributed by atoms with E-state index in [1.807, 2.05) is 11.8 Å². The fraction of sp³-hybridized carbons (Fsp3) is 0.300. The molecule has 0 saturated heterocycles. The molecule has 2 amide bonds. The molecule has 3 nitrogen and oxygen atoms in total. The van der Waals surface area contributed by atoms with Crippen LogP contribution in [0.1, 0.15) is 41.0 Å². The SMILES string of the molecule is CCC(C)Sc1ccc(SCCN2C(=O)c3ccccc3C2=O)cc1. The zero-order valence-electron chi connectivity index (χ0n) is 14.4. The Hall–Kier alpha value is -1.72. The van der Waals surface area contributed by atoms with Crippen molar-refractivity contribution in [3.05, 3.63) is 59.7 Å². The molecule has 1 aliphatic heterocycles. The lowest BCUT2D eigenvalue weighted by Crippen LogP contribution is -2.31. The molecule has 2 aromatic carbocycles. The summed E-state index contributed by atoms with van der Waals surface area (Å²) in [6.07, 6.45) is 1.15. The molecule has 0 bridgehead atoms. The van der Waals surface area contributed by atoms with Gasteiger partial charge in [-0.2, -0.15) is 0 Å². The highest BCUT2D eigenvalue weighted by molar-refractivity contribution is 8.00. The maximum Gasteiger partial charge on any atom is 0.261 e. The van der Waals surface area contributed by atoms with Crippen molar-refractivity contribution in [1.82, 2.24) is 4.90 Å². The third kappa shape index (κ3) is 4.10. The molecule has 0 aromatic heterocycles. The summed E-state index contributed by atoms with van der Waals surface area (Å²) in [5.41, 5.74) is 1.04. The molecule has 1 unspecified atom stereocenters. The summed E-state index contributed by atoms with van der Waals surface area (Å²) in [4.78, 5) is 28.4. The topological polar surface area (TPSA) is 37.4 Å². The zero-order chi connectivity index (χ0) is 17.8. The molecule has 1 atom stereocenters. The van der Waals surface area contributed by atoms with Crippen molar-refractivity contribution in [1.29, 1.82) is 0 Å². The largest absolute Gasteiger partial charge is 0.273 e. The van der Waals surface area contributed by atoms with E-state index in [0.717, 1.165) is 11.3 Å². The molecule has 1 heterocycles. The molecular formula is C20H21NO2S2. The van der Waals surface area contributed by atoms with Gasteiger partial charge in [-0.25, -0.2) is 0 Å². The van der Waals surface area contributed by atoms with Crippen molar-refractivity contribution in [3.63, 3.8) is 0 Å². The number of rotatable bonds is 7. The Bertz CT molecular complexity index is 739. The van der Waals surface area contributed by atoms with Crippen molar-refractivity contribution in [3.8, 4) is 0 Å². The number of hydrogen-bond acceptors (Lipinski definition) is 4. The summed E-state index contributed by atoms with van der Waals surface area (Å²) in [6, 6.07) is 15.5. The normalized spacial score (nSPS) is 14.7. The van der Waals surface area contributed by atoms with Gasteiger partial charge in [-0.05, 0) is 42.8 Å². The highest BCUT2D eigenvalue weighted by Crippen LogP contribution is 2.28. The number of carbonyl (C=O) groups is 2. The van der Waals surface area contributed by atoms with Crippen LogP contribution in [0.15, 0.2) is 58.3 Å². The van der Waals surface area contributed by atoms with E-state index < -0.39 is 0 Å². The van der Waals surface area contributed by atoms with Crippen LogP contribution in [0.4, 0.5) is 0 Å². The molecule has 5 heteroatoms. The van der Waals surface area contributed by atoms with Crippen LogP contribution in [0.25, 0.3) is 0 Å². The molecule has 3 rings (SSSR count). The van der Waals surface area contributed by atoms with Gasteiger partial charge in [-0.15, -0.1) is 23.5 Å². The van der Waals surface area contributed by atoms with Crippen molar-refractivity contribution in [2.45, 2.75) is 35.3 Å². The second kappa shape index (κ2) is 8.11. The van der Waals surface area contributed by atoms with E-state index in [1.165, 1.54) is 9.80 Å². The Morgan fingerprint density at radius 3 is 2.04 bits per heavy atom. The third-order valence-electron chi connectivity index (χ3n) is 4.20. The van der Waals surface area contributed by atoms with E-state index in [4.69, 9.17) is 0 Å². The number of fused-ring (bicyclic) bond motifs is 1. The Labute approximate surface area is 157 Å². The van der Waals surface area contributed by atoms with Crippen LogP contribution in [0.3, 0.4) is 0 Å². The van der Waals surface area contributed by atoms with E-state index in [2.05, 4.69) is 38.1 Å². The molecule has 0 radical (unpaired) electrons. The van der Waals surface area contributed by atoms with Crippen molar-refractivity contribution in [2.24, 2.45) is 0 Å². The van der Waals surface area contributed by atoms with Gasteiger partial charge in [-0.3, -0.25) is 14.5 Å². The number of thioether (sulfide) groups is 2. The van der Waals surface area contributed by atoms with E-state index in [9.17, 15) is 9.59 Å². The van der Waals surface area contributed by atoms with Crippen molar-refractivity contribution in [2.75, 3.05) is 12.3 Å². The second-order valence-electron chi connectivity index (χ2n) is 5.96. The lowest BCUT2D eigenvalue weighted by atomic mass is 10.1. The van der Waals surface area contributed by atoms with Gasteiger partial charge >= 0.3 is 0 Å². The number of nitrogens with zero attached hydrogens (tertiary/aromatic N) is 1. The molecule has 0 saturated carbocycles. The van der Waals surface area contributed by atoms with E-state index in [1.54, 1.807) is 36.0 Å². The monoisotopic (exact) mass is 371 g/mol. The highest BCUT2D eigenvalue weighted by atomic mass is 32.2. The summed E-state index contributed by atoms with van der Waals surface area (Å²) < 4.78 is 0. The fourth-order valence-corrected chi connectivity index (χ4v) is 4.39. The van der Waals surface area contributed by atoms with E-state index >= 15 is 0 Å². The Morgan fingerprint density at radius 1 is 0.920 bits per heavy atom. The number of carbonyl (C=O) groups excluding carboxylic acids is 2. The first kappa shape index (κ1) is 18.1. The summed E-state index contributed by atoms with van der Waals surface area (Å²) in [7, 11) is 0. The summed E-state index contributed by atoms with van der Waals surface area (Å²) in [5.74, 6) is 0.339. The Balaban J connectivity index is 1.54. The molecule has 0 spiro atoms. The molecule has 25 heavy (non-hydrogen) atoms. The van der Waals surface area contributed by atoms with Gasteiger partial charge in [0.2, 0.25) is 0 Å². The van der Waals surface area contributed by atoms with Gasteiger partial charge < -0.3 is 0 Å². The number of hydrogen-bond donors (Lipinski definition) is 0. The quantitative estimate of drug-likeness (QED) is 0.509. The van der Waals surface area contributed by atoms with Crippen LogP contribution in [-0.2, 0) is 0 Å². The van der Waals surface area contributed by atoms with Crippen molar-refractivity contribution < 1.29 is 9.59 Å². The fourth-order valence-electron chi connectivity index (χ4n) is 2.63. The minimum Gasteiger partial charge on any atom is -0.273 e. The van der Waals surface area contributed by atoms with Crippen LogP contribution in [0.2, 0.25) is 0 Å². The predicted octanol–water partition coefficient (Wildman–Crippen LogP) is 4.97. The second-order valence-corrected chi connectivity index (χ2v) is 8.64. The highest BCUT2D eigenvalue weighted by Gasteiger charge is 2.34. The molecule has 0 N–H and O–H groups in total. The molecule has 130 valence electrons. The van der Waals surface area contributed by atoms with Crippen LogP contribution >= 0.6 is 23.5 Å². The number of imide groups is 1. The average molecular weight is 372 g/mol. The summed E-state index contributed by atoms with van der Waals surface area (Å²) >= 11 is 3.55. The van der Waals surface area contributed by atoms with Gasteiger partial charge in [0.05, 0.1) is 11.1 Å². The van der Waals surface area contributed by atoms with Crippen LogP contribution in [0.5, 0.6) is 0 Å². The Kier molecular flexibility index (Phi) is 5.86. The zero-order valence-corrected chi connectivity index (χ0v) is 16.0.